The summed E-state index contributed by atoms with van der Waals surface area (Å²) >= 11 is 10.1. The van der Waals surface area contributed by atoms with E-state index in [4.69, 9.17) is 21.7 Å². The molecule has 0 atom stereocenters. The molecule has 1 amide bonds. The summed E-state index contributed by atoms with van der Waals surface area (Å²) in [5.74, 6) is 1.17. The Morgan fingerprint density at radius 3 is 2.67 bits per heavy atom. The van der Waals surface area contributed by atoms with Gasteiger partial charge in [0.15, 0.2) is 15.8 Å². The van der Waals surface area contributed by atoms with Crippen molar-refractivity contribution < 1.29 is 14.3 Å². The zero-order chi connectivity index (χ0) is 16.7. The summed E-state index contributed by atoms with van der Waals surface area (Å²) in [6.07, 6.45) is 1.85. The number of benzene rings is 2. The van der Waals surface area contributed by atoms with Crippen molar-refractivity contribution in [2.24, 2.45) is 0 Å². The van der Waals surface area contributed by atoms with Gasteiger partial charge in [0, 0.05) is 10.5 Å². The molecule has 2 aliphatic heterocycles. The second-order valence-electron chi connectivity index (χ2n) is 5.11. The minimum Gasteiger partial charge on any atom is -0.454 e. The molecule has 0 spiro atoms. The Labute approximate surface area is 156 Å². The van der Waals surface area contributed by atoms with Gasteiger partial charge in [-0.1, -0.05) is 52.0 Å². The standard InChI is InChI=1S/C17H10BrNO3S2/c18-11-3-1-10(2-4-11)7-15-16(20)19(17(23)24-15)12-5-6-13-14(8-12)22-9-21-13/h1-8H,9H2/b15-7+. The molecule has 0 aliphatic carbocycles. The second kappa shape index (κ2) is 6.23. The van der Waals surface area contributed by atoms with Crippen LogP contribution in [0, 0.1) is 0 Å². The second-order valence-corrected chi connectivity index (χ2v) is 7.70. The lowest BCUT2D eigenvalue weighted by Crippen LogP contribution is -2.27. The molecule has 0 radical (unpaired) electrons. The molecule has 4 rings (SSSR count). The van der Waals surface area contributed by atoms with E-state index in [2.05, 4.69) is 15.9 Å². The summed E-state index contributed by atoms with van der Waals surface area (Å²) in [6.45, 7) is 0.195. The van der Waals surface area contributed by atoms with E-state index in [-0.39, 0.29) is 12.7 Å². The molecule has 2 aromatic rings. The van der Waals surface area contributed by atoms with E-state index in [1.807, 2.05) is 30.3 Å². The number of carbonyl (C=O) groups excluding carboxylic acids is 1. The van der Waals surface area contributed by atoms with Crippen LogP contribution in [0.15, 0.2) is 51.8 Å². The largest absolute Gasteiger partial charge is 0.454 e. The lowest BCUT2D eigenvalue weighted by atomic mass is 10.2. The van der Waals surface area contributed by atoms with E-state index in [0.29, 0.717) is 26.4 Å². The molecule has 1 fully saturated rings. The van der Waals surface area contributed by atoms with Gasteiger partial charge in [-0.25, -0.2) is 0 Å². The van der Waals surface area contributed by atoms with E-state index >= 15 is 0 Å². The van der Waals surface area contributed by atoms with Gasteiger partial charge < -0.3 is 9.47 Å². The number of carbonyl (C=O) groups is 1. The first-order valence-corrected chi connectivity index (χ1v) is 9.07. The van der Waals surface area contributed by atoms with Gasteiger partial charge in [-0.3, -0.25) is 9.69 Å². The van der Waals surface area contributed by atoms with E-state index < -0.39 is 0 Å². The molecule has 0 bridgehead atoms. The Morgan fingerprint density at radius 2 is 1.88 bits per heavy atom. The lowest BCUT2D eigenvalue weighted by molar-refractivity contribution is -0.113. The number of ether oxygens (including phenoxy) is 2. The third kappa shape index (κ3) is 2.83. The molecule has 7 heteroatoms. The number of thioether (sulfide) groups is 1. The van der Waals surface area contributed by atoms with Gasteiger partial charge in [0.05, 0.1) is 10.6 Å². The van der Waals surface area contributed by atoms with Crippen LogP contribution in [0.1, 0.15) is 5.56 Å². The molecule has 2 aliphatic rings. The predicted octanol–water partition coefficient (Wildman–Crippen LogP) is 4.58. The maximum atomic E-state index is 12.8. The van der Waals surface area contributed by atoms with Crippen LogP contribution in [0.3, 0.4) is 0 Å². The Hall–Kier alpha value is -1.83. The van der Waals surface area contributed by atoms with Gasteiger partial charge in [0.2, 0.25) is 6.79 Å². The molecule has 1 saturated heterocycles. The van der Waals surface area contributed by atoms with Gasteiger partial charge in [0.1, 0.15) is 0 Å². The Morgan fingerprint density at radius 1 is 1.12 bits per heavy atom. The summed E-state index contributed by atoms with van der Waals surface area (Å²) < 4.78 is 12.2. The van der Waals surface area contributed by atoms with E-state index in [1.165, 1.54) is 16.7 Å². The van der Waals surface area contributed by atoms with Crippen LogP contribution >= 0.6 is 39.9 Å². The molecule has 0 aromatic heterocycles. The minimum atomic E-state index is -0.133. The minimum absolute atomic E-state index is 0.133. The summed E-state index contributed by atoms with van der Waals surface area (Å²) in [6, 6.07) is 13.1. The quantitative estimate of drug-likeness (QED) is 0.525. The number of thiocarbonyl (C=S) groups is 1. The lowest BCUT2D eigenvalue weighted by Gasteiger charge is -2.14. The Bertz CT molecular complexity index is 880. The van der Waals surface area contributed by atoms with Crippen LogP contribution in [0.2, 0.25) is 0 Å². The van der Waals surface area contributed by atoms with Crippen molar-refractivity contribution in [1.29, 1.82) is 0 Å². The summed E-state index contributed by atoms with van der Waals surface area (Å²) in [5.41, 5.74) is 1.63. The van der Waals surface area contributed by atoms with Crippen molar-refractivity contribution in [2.75, 3.05) is 11.7 Å². The topological polar surface area (TPSA) is 38.8 Å². The van der Waals surface area contributed by atoms with Crippen molar-refractivity contribution in [1.82, 2.24) is 0 Å². The maximum absolute atomic E-state index is 12.8. The molecule has 4 nitrogen and oxygen atoms in total. The Kier molecular flexibility index (Phi) is 4.07. The van der Waals surface area contributed by atoms with Crippen LogP contribution < -0.4 is 14.4 Å². The number of hydrogen-bond donors (Lipinski definition) is 0. The molecule has 0 N–H and O–H groups in total. The van der Waals surface area contributed by atoms with Gasteiger partial charge >= 0.3 is 0 Å². The SMILES string of the molecule is O=C1/C(=C\c2ccc(Br)cc2)SC(=S)N1c1ccc2c(c1)OCO2. The van der Waals surface area contributed by atoms with E-state index in [9.17, 15) is 4.79 Å². The third-order valence-electron chi connectivity index (χ3n) is 3.58. The summed E-state index contributed by atoms with van der Waals surface area (Å²) in [5, 5.41) is 0. The van der Waals surface area contributed by atoms with E-state index in [1.54, 1.807) is 18.2 Å². The highest BCUT2D eigenvalue weighted by Gasteiger charge is 2.34. The average Bonchev–Trinajstić information content (AvgIpc) is 3.14. The first-order valence-electron chi connectivity index (χ1n) is 7.05. The highest BCUT2D eigenvalue weighted by molar-refractivity contribution is 9.10. The molecule has 2 aromatic carbocycles. The van der Waals surface area contributed by atoms with Crippen LogP contribution in [-0.4, -0.2) is 17.0 Å². The van der Waals surface area contributed by atoms with Crippen molar-refractivity contribution in [3.05, 3.63) is 57.4 Å². The Balaban J connectivity index is 1.65. The molecule has 0 unspecified atom stereocenters. The molecular weight excluding hydrogens is 410 g/mol. The number of rotatable bonds is 2. The fourth-order valence-electron chi connectivity index (χ4n) is 2.43. The van der Waals surface area contributed by atoms with Gasteiger partial charge in [-0.15, -0.1) is 0 Å². The van der Waals surface area contributed by atoms with Crippen LogP contribution in [0.5, 0.6) is 11.5 Å². The number of nitrogens with zero attached hydrogens (tertiary/aromatic N) is 1. The number of fused-ring (bicyclic) bond motifs is 1. The van der Waals surface area contributed by atoms with Crippen molar-refractivity contribution >= 4 is 61.9 Å². The fraction of sp³-hybridized carbons (Fsp3) is 0.0588. The van der Waals surface area contributed by atoms with Crippen molar-refractivity contribution in [3.63, 3.8) is 0 Å². The molecule has 24 heavy (non-hydrogen) atoms. The zero-order valence-corrected chi connectivity index (χ0v) is 15.4. The fourth-order valence-corrected chi connectivity index (χ4v) is 3.99. The molecule has 2 heterocycles. The van der Waals surface area contributed by atoms with Crippen LogP contribution in [-0.2, 0) is 4.79 Å². The average molecular weight is 420 g/mol. The van der Waals surface area contributed by atoms with Gasteiger partial charge in [-0.05, 0) is 35.9 Å². The molecule has 120 valence electrons. The van der Waals surface area contributed by atoms with Gasteiger partial charge in [0.25, 0.3) is 5.91 Å². The number of amides is 1. The normalized spacial score (nSPS) is 17.9. The predicted molar refractivity (Wildman–Crippen MR) is 102 cm³/mol. The highest BCUT2D eigenvalue weighted by atomic mass is 79.9. The maximum Gasteiger partial charge on any atom is 0.270 e. The van der Waals surface area contributed by atoms with Gasteiger partial charge in [-0.2, -0.15) is 0 Å². The summed E-state index contributed by atoms with van der Waals surface area (Å²) in [7, 11) is 0. The molecule has 0 saturated carbocycles. The first kappa shape index (κ1) is 15.7. The number of hydrogen-bond acceptors (Lipinski definition) is 5. The van der Waals surface area contributed by atoms with Crippen LogP contribution in [0.4, 0.5) is 5.69 Å². The third-order valence-corrected chi connectivity index (χ3v) is 5.41. The van der Waals surface area contributed by atoms with Crippen LogP contribution in [0.25, 0.3) is 6.08 Å². The number of anilines is 1. The summed E-state index contributed by atoms with van der Waals surface area (Å²) in [4.78, 5) is 14.9. The smallest absolute Gasteiger partial charge is 0.270 e. The van der Waals surface area contributed by atoms with Crippen molar-refractivity contribution in [2.45, 2.75) is 0 Å². The van der Waals surface area contributed by atoms with Crippen molar-refractivity contribution in [3.8, 4) is 11.5 Å². The number of halogens is 1. The van der Waals surface area contributed by atoms with E-state index in [0.717, 1.165) is 10.0 Å². The monoisotopic (exact) mass is 419 g/mol. The molecular formula is C17H10BrNO3S2. The zero-order valence-electron chi connectivity index (χ0n) is 12.2. The first-order chi connectivity index (χ1) is 11.6. The highest BCUT2D eigenvalue weighted by Crippen LogP contribution is 2.40.